The first-order chi connectivity index (χ1) is 8.42. The molecule has 0 unspecified atom stereocenters. The Bertz CT molecular complexity index is 518. The van der Waals surface area contributed by atoms with Crippen LogP contribution in [0.5, 0.6) is 11.5 Å². The van der Waals surface area contributed by atoms with E-state index in [1.807, 2.05) is 0 Å². The van der Waals surface area contributed by atoms with Crippen LogP contribution in [0.4, 0.5) is 0 Å². The van der Waals surface area contributed by atoms with Crippen LogP contribution in [-0.4, -0.2) is 42.2 Å². The first kappa shape index (κ1) is 13.5. The largest absolute Gasteiger partial charge is 0.493 e. The monoisotopic (exact) mass is 254 g/mol. The Morgan fingerprint density at radius 1 is 1.06 bits per heavy atom. The van der Waals surface area contributed by atoms with Crippen LogP contribution in [-0.2, 0) is 4.79 Å². The molecule has 0 heterocycles. The quantitative estimate of drug-likeness (QED) is 0.586. The third-order valence-electron chi connectivity index (χ3n) is 2.16. The molecule has 0 fully saturated rings. The number of rotatable bonds is 5. The molecule has 0 atom stereocenters. The van der Waals surface area contributed by atoms with Crippen molar-refractivity contribution >= 4 is 17.7 Å². The van der Waals surface area contributed by atoms with Crippen LogP contribution in [0.1, 0.15) is 20.7 Å². The van der Waals surface area contributed by atoms with Crippen molar-refractivity contribution < 1.29 is 34.1 Å². The molecule has 0 amide bonds. The van der Waals surface area contributed by atoms with Crippen molar-refractivity contribution in [2.75, 3.05) is 14.2 Å². The van der Waals surface area contributed by atoms with Crippen LogP contribution >= 0.6 is 0 Å². The number of aromatic carboxylic acids is 1. The lowest BCUT2D eigenvalue weighted by Crippen LogP contribution is -2.15. The zero-order chi connectivity index (χ0) is 13.9. The van der Waals surface area contributed by atoms with E-state index < -0.39 is 17.7 Å². The molecule has 1 aromatic rings. The highest BCUT2D eigenvalue weighted by Gasteiger charge is 2.24. The van der Waals surface area contributed by atoms with E-state index in [0.29, 0.717) is 0 Å². The molecule has 1 aromatic carbocycles. The van der Waals surface area contributed by atoms with Gasteiger partial charge in [0.2, 0.25) is 0 Å². The molecule has 0 aliphatic heterocycles. The molecular weight excluding hydrogens is 244 g/mol. The second-order valence-corrected chi connectivity index (χ2v) is 3.20. The van der Waals surface area contributed by atoms with Gasteiger partial charge in [0.15, 0.2) is 11.5 Å². The molecule has 7 heteroatoms. The van der Waals surface area contributed by atoms with Gasteiger partial charge in [-0.2, -0.15) is 0 Å². The lowest BCUT2D eigenvalue weighted by atomic mass is 10.0. The highest BCUT2D eigenvalue weighted by atomic mass is 16.5. The summed E-state index contributed by atoms with van der Waals surface area (Å²) in [6.45, 7) is 0. The summed E-state index contributed by atoms with van der Waals surface area (Å²) in [5, 5.41) is 17.5. The van der Waals surface area contributed by atoms with Gasteiger partial charge in [0.25, 0.3) is 5.78 Å². The van der Waals surface area contributed by atoms with Gasteiger partial charge in [-0.25, -0.2) is 9.59 Å². The predicted molar refractivity (Wildman–Crippen MR) is 58.5 cm³/mol. The lowest BCUT2D eigenvalue weighted by molar-refractivity contribution is -0.131. The highest BCUT2D eigenvalue weighted by Crippen LogP contribution is 2.33. The van der Waals surface area contributed by atoms with E-state index in [1.54, 1.807) is 0 Å². The number of carboxylic acid groups (broad SMARTS) is 2. The van der Waals surface area contributed by atoms with Gasteiger partial charge in [-0.1, -0.05) is 0 Å². The number of ketones is 1. The van der Waals surface area contributed by atoms with Gasteiger partial charge in [0, 0.05) is 0 Å². The number of aliphatic carboxylic acids is 1. The Morgan fingerprint density at radius 2 is 1.67 bits per heavy atom. The average Bonchev–Trinajstić information content (AvgIpc) is 2.35. The van der Waals surface area contributed by atoms with E-state index in [2.05, 4.69) is 0 Å². The van der Waals surface area contributed by atoms with Crippen molar-refractivity contribution in [2.24, 2.45) is 0 Å². The maximum absolute atomic E-state index is 11.4. The Morgan fingerprint density at radius 3 is 2.06 bits per heavy atom. The fraction of sp³-hybridized carbons (Fsp3) is 0.182. The van der Waals surface area contributed by atoms with E-state index in [0.717, 1.165) is 12.1 Å². The van der Waals surface area contributed by atoms with Crippen molar-refractivity contribution in [3.05, 3.63) is 23.3 Å². The van der Waals surface area contributed by atoms with Crippen LogP contribution in [0.2, 0.25) is 0 Å². The molecular formula is C11H10O7. The second-order valence-electron chi connectivity index (χ2n) is 3.20. The van der Waals surface area contributed by atoms with Crippen LogP contribution in [0.15, 0.2) is 12.1 Å². The Balaban J connectivity index is 3.54. The van der Waals surface area contributed by atoms with Crippen molar-refractivity contribution in [3.63, 3.8) is 0 Å². The summed E-state index contributed by atoms with van der Waals surface area (Å²) in [5.41, 5.74) is -0.640. The topological polar surface area (TPSA) is 110 Å². The van der Waals surface area contributed by atoms with E-state index >= 15 is 0 Å². The summed E-state index contributed by atoms with van der Waals surface area (Å²) in [4.78, 5) is 33.0. The van der Waals surface area contributed by atoms with E-state index in [4.69, 9.17) is 19.7 Å². The first-order valence-electron chi connectivity index (χ1n) is 4.69. The van der Waals surface area contributed by atoms with Crippen LogP contribution in [0.3, 0.4) is 0 Å². The van der Waals surface area contributed by atoms with Gasteiger partial charge in [0.05, 0.1) is 25.3 Å². The molecule has 2 N–H and O–H groups in total. The summed E-state index contributed by atoms with van der Waals surface area (Å²) < 4.78 is 9.74. The van der Waals surface area contributed by atoms with Gasteiger partial charge >= 0.3 is 11.9 Å². The Hall–Kier alpha value is -2.57. The smallest absolute Gasteiger partial charge is 0.377 e. The molecule has 0 aliphatic carbocycles. The number of ether oxygens (including phenoxy) is 2. The minimum atomic E-state index is -1.71. The SMILES string of the molecule is COc1cc(C(=O)O)cc(C(=O)C(=O)O)c1OC. The number of Topliss-reactive ketones (excluding diaryl/α,β-unsaturated/α-hetero) is 1. The van der Waals surface area contributed by atoms with Crippen molar-refractivity contribution in [1.29, 1.82) is 0 Å². The van der Waals surface area contributed by atoms with Gasteiger partial charge in [-0.3, -0.25) is 4.79 Å². The number of carbonyl (C=O) groups is 3. The van der Waals surface area contributed by atoms with Crippen LogP contribution in [0, 0.1) is 0 Å². The number of carboxylic acids is 2. The molecule has 0 aliphatic rings. The van der Waals surface area contributed by atoms with Gasteiger partial charge in [-0.05, 0) is 12.1 Å². The van der Waals surface area contributed by atoms with Gasteiger partial charge in [0.1, 0.15) is 0 Å². The number of hydrogen-bond donors (Lipinski definition) is 2. The molecule has 0 spiro atoms. The Labute approximate surface area is 102 Å². The fourth-order valence-electron chi connectivity index (χ4n) is 1.37. The zero-order valence-electron chi connectivity index (χ0n) is 9.59. The maximum atomic E-state index is 11.4. The first-order valence-corrected chi connectivity index (χ1v) is 4.69. The van der Waals surface area contributed by atoms with Crippen molar-refractivity contribution in [2.45, 2.75) is 0 Å². The molecule has 0 aromatic heterocycles. The molecule has 1 rings (SSSR count). The lowest BCUT2D eigenvalue weighted by Gasteiger charge is -2.11. The van der Waals surface area contributed by atoms with E-state index in [-0.39, 0.29) is 22.6 Å². The molecule has 0 saturated carbocycles. The minimum absolute atomic E-state index is 0.0259. The van der Waals surface area contributed by atoms with Crippen LogP contribution in [0.25, 0.3) is 0 Å². The van der Waals surface area contributed by atoms with Crippen molar-refractivity contribution in [1.82, 2.24) is 0 Å². The number of methoxy groups -OCH3 is 2. The molecule has 96 valence electrons. The van der Waals surface area contributed by atoms with E-state index in [9.17, 15) is 14.4 Å². The summed E-state index contributed by atoms with van der Waals surface area (Å²) in [6, 6.07) is 2.07. The third-order valence-corrected chi connectivity index (χ3v) is 2.16. The predicted octanol–water partition coefficient (Wildman–Crippen LogP) is 0.669. The zero-order valence-corrected chi connectivity index (χ0v) is 9.59. The summed E-state index contributed by atoms with van der Waals surface area (Å²) in [5.74, 6) is -4.43. The Kier molecular flexibility index (Phi) is 3.88. The molecule has 7 nitrogen and oxygen atoms in total. The third kappa shape index (κ3) is 2.40. The standard InChI is InChI=1S/C11H10O7/c1-17-7-4-5(10(13)14)3-6(9(7)18-2)8(12)11(15)16/h3-4H,1-2H3,(H,13,14)(H,15,16). The fourth-order valence-corrected chi connectivity index (χ4v) is 1.37. The normalized spacial score (nSPS) is 9.67. The average molecular weight is 254 g/mol. The van der Waals surface area contributed by atoms with Crippen molar-refractivity contribution in [3.8, 4) is 11.5 Å². The summed E-state index contributed by atoms with van der Waals surface area (Å²) >= 11 is 0. The number of benzene rings is 1. The molecule has 0 radical (unpaired) electrons. The van der Waals surface area contributed by atoms with Gasteiger partial charge in [-0.15, -0.1) is 0 Å². The molecule has 18 heavy (non-hydrogen) atoms. The van der Waals surface area contributed by atoms with Crippen LogP contribution < -0.4 is 9.47 Å². The summed E-state index contributed by atoms with van der Waals surface area (Å²) in [6.07, 6.45) is 0. The second kappa shape index (κ2) is 5.17. The number of carbonyl (C=O) groups excluding carboxylic acids is 1. The van der Waals surface area contributed by atoms with E-state index in [1.165, 1.54) is 14.2 Å². The van der Waals surface area contributed by atoms with Gasteiger partial charge < -0.3 is 19.7 Å². The molecule has 0 saturated heterocycles. The minimum Gasteiger partial charge on any atom is -0.493 e. The number of hydrogen-bond acceptors (Lipinski definition) is 5. The molecule has 0 bridgehead atoms. The summed E-state index contributed by atoms with van der Waals surface area (Å²) in [7, 11) is 2.47. The maximum Gasteiger partial charge on any atom is 0.377 e. The highest BCUT2D eigenvalue weighted by molar-refractivity contribution is 6.40.